The van der Waals surface area contributed by atoms with E-state index in [1.54, 1.807) is 6.07 Å². The lowest BCUT2D eigenvalue weighted by atomic mass is 10.0. The van der Waals surface area contributed by atoms with Gasteiger partial charge in [0.15, 0.2) is 0 Å². The lowest BCUT2D eigenvalue weighted by Gasteiger charge is -2.30. The maximum absolute atomic E-state index is 14.5. The Labute approximate surface area is 157 Å². The van der Waals surface area contributed by atoms with E-state index in [-0.39, 0.29) is 24.8 Å². The van der Waals surface area contributed by atoms with E-state index in [1.165, 1.54) is 11.0 Å². The molecule has 0 bridgehead atoms. The molecule has 27 heavy (non-hydrogen) atoms. The van der Waals surface area contributed by atoms with Crippen molar-refractivity contribution < 1.29 is 18.8 Å². The number of hydrogen-bond acceptors (Lipinski definition) is 5. The summed E-state index contributed by atoms with van der Waals surface area (Å²) in [5.74, 6) is -1.55. The van der Waals surface area contributed by atoms with Crippen molar-refractivity contribution in [3.63, 3.8) is 0 Å². The second-order valence-corrected chi connectivity index (χ2v) is 6.60. The van der Waals surface area contributed by atoms with Crippen LogP contribution in [0.3, 0.4) is 0 Å². The first-order valence-electron chi connectivity index (χ1n) is 9.47. The number of anilines is 1. The summed E-state index contributed by atoms with van der Waals surface area (Å²) < 4.78 is 14.5. The molecule has 1 atom stereocenters. The molecule has 0 aromatic heterocycles. The molecule has 1 aromatic rings. The Balaban J connectivity index is 0.00000102. The Hall–Kier alpha value is -2.48. The largest absolute Gasteiger partial charge is 0.367 e. The Morgan fingerprint density at radius 3 is 2.48 bits per heavy atom. The van der Waals surface area contributed by atoms with Crippen molar-refractivity contribution in [2.24, 2.45) is 0 Å². The van der Waals surface area contributed by atoms with Gasteiger partial charge in [0.1, 0.15) is 11.9 Å². The molecule has 8 heteroatoms. The van der Waals surface area contributed by atoms with Crippen LogP contribution in [0.4, 0.5) is 10.1 Å². The summed E-state index contributed by atoms with van der Waals surface area (Å²) in [6.07, 6.45) is 0.508. The van der Waals surface area contributed by atoms with Crippen LogP contribution in [-0.4, -0.2) is 54.8 Å². The number of rotatable bonds is 2. The first-order chi connectivity index (χ1) is 13.0. The van der Waals surface area contributed by atoms with Crippen molar-refractivity contribution in [1.29, 1.82) is 0 Å². The summed E-state index contributed by atoms with van der Waals surface area (Å²) in [6, 6.07) is 2.32. The zero-order valence-corrected chi connectivity index (χ0v) is 15.7. The highest BCUT2D eigenvalue weighted by Crippen LogP contribution is 2.32. The smallest absolute Gasteiger partial charge is 0.255 e. The minimum Gasteiger partial charge on any atom is -0.367 e. The number of nitrogens with one attached hydrogen (secondary N) is 2. The van der Waals surface area contributed by atoms with Crippen LogP contribution in [0.5, 0.6) is 0 Å². The van der Waals surface area contributed by atoms with Gasteiger partial charge < -0.3 is 15.1 Å². The number of hydrogen-bond donors (Lipinski definition) is 2. The topological polar surface area (TPSA) is 81.8 Å². The molecule has 1 unspecified atom stereocenters. The van der Waals surface area contributed by atoms with Crippen LogP contribution < -0.4 is 15.5 Å². The predicted molar refractivity (Wildman–Crippen MR) is 98.9 cm³/mol. The summed E-state index contributed by atoms with van der Waals surface area (Å²) in [5.41, 5.74) is 1.53. The molecule has 3 heterocycles. The van der Waals surface area contributed by atoms with E-state index in [2.05, 4.69) is 10.6 Å². The van der Waals surface area contributed by atoms with Gasteiger partial charge in [-0.05, 0) is 24.1 Å². The van der Waals surface area contributed by atoms with Gasteiger partial charge in [0.05, 0.1) is 5.69 Å². The third kappa shape index (κ3) is 3.66. The standard InChI is InChI=1S/C17H19FN4O3.C2H6/c18-12-8-11-10(7-14(12)21-5-3-19-4-6-21)9-22(17(11)25)13-1-2-15(23)20-16(13)24;1-2/h7-8,13,19H,1-6,9H2,(H,20,23,24);1-2H3. The SMILES string of the molecule is CC.O=C1CCC(N2Cc3cc(N4CCNCC4)c(F)cc3C2=O)C(=O)N1. The van der Waals surface area contributed by atoms with E-state index >= 15 is 0 Å². The molecule has 3 amide bonds. The predicted octanol–water partition coefficient (Wildman–Crippen LogP) is 1.02. The number of amides is 3. The number of piperidine rings is 1. The summed E-state index contributed by atoms with van der Waals surface area (Å²) in [5, 5.41) is 5.49. The van der Waals surface area contributed by atoms with Crippen LogP contribution in [0.25, 0.3) is 0 Å². The Morgan fingerprint density at radius 2 is 1.81 bits per heavy atom. The molecule has 2 N–H and O–H groups in total. The van der Waals surface area contributed by atoms with E-state index in [1.807, 2.05) is 18.7 Å². The number of fused-ring (bicyclic) bond motifs is 1. The number of imide groups is 1. The highest BCUT2D eigenvalue weighted by atomic mass is 19.1. The average molecular weight is 376 g/mol. The molecule has 0 radical (unpaired) electrons. The van der Waals surface area contributed by atoms with Crippen LogP contribution in [0.1, 0.15) is 42.6 Å². The molecule has 0 aliphatic carbocycles. The summed E-state index contributed by atoms with van der Waals surface area (Å²) in [6.45, 7) is 7.26. The molecular formula is C19H25FN4O3. The maximum Gasteiger partial charge on any atom is 0.255 e. The van der Waals surface area contributed by atoms with Crippen LogP contribution in [0.15, 0.2) is 12.1 Å². The Kier molecular flexibility index (Phi) is 5.74. The fourth-order valence-electron chi connectivity index (χ4n) is 3.72. The normalized spacial score (nSPS) is 22.2. The van der Waals surface area contributed by atoms with Gasteiger partial charge >= 0.3 is 0 Å². The van der Waals surface area contributed by atoms with Crippen molar-refractivity contribution in [2.75, 3.05) is 31.1 Å². The summed E-state index contributed by atoms with van der Waals surface area (Å²) in [4.78, 5) is 39.4. The molecule has 3 aliphatic heterocycles. The highest BCUT2D eigenvalue weighted by molar-refractivity contribution is 6.05. The molecule has 146 valence electrons. The monoisotopic (exact) mass is 376 g/mol. The molecule has 2 saturated heterocycles. The molecular weight excluding hydrogens is 351 g/mol. The van der Waals surface area contributed by atoms with E-state index in [4.69, 9.17) is 0 Å². The van der Waals surface area contributed by atoms with Gasteiger partial charge in [-0.25, -0.2) is 4.39 Å². The van der Waals surface area contributed by atoms with Gasteiger partial charge in [0, 0.05) is 44.7 Å². The van der Waals surface area contributed by atoms with E-state index in [0.717, 1.165) is 18.7 Å². The van der Waals surface area contributed by atoms with E-state index in [9.17, 15) is 18.8 Å². The number of carbonyl (C=O) groups excluding carboxylic acids is 3. The lowest BCUT2D eigenvalue weighted by molar-refractivity contribution is -0.136. The molecule has 0 spiro atoms. The fraction of sp³-hybridized carbons (Fsp3) is 0.526. The van der Waals surface area contributed by atoms with Crippen LogP contribution in [-0.2, 0) is 16.1 Å². The number of nitrogens with zero attached hydrogens (tertiary/aromatic N) is 2. The van der Waals surface area contributed by atoms with Crippen molar-refractivity contribution >= 4 is 23.4 Å². The minimum absolute atomic E-state index is 0.205. The van der Waals surface area contributed by atoms with E-state index < -0.39 is 17.8 Å². The van der Waals surface area contributed by atoms with E-state index in [0.29, 0.717) is 30.8 Å². The zero-order valence-electron chi connectivity index (χ0n) is 15.7. The Bertz CT molecular complexity index is 762. The van der Waals surface area contributed by atoms with Crippen LogP contribution in [0, 0.1) is 5.82 Å². The first kappa shape index (κ1) is 19.3. The third-order valence-corrected chi connectivity index (χ3v) is 5.05. The lowest BCUT2D eigenvalue weighted by Crippen LogP contribution is -2.52. The van der Waals surface area contributed by atoms with Gasteiger partial charge in [-0.2, -0.15) is 0 Å². The van der Waals surface area contributed by atoms with Gasteiger partial charge in [0.2, 0.25) is 11.8 Å². The van der Waals surface area contributed by atoms with Gasteiger partial charge in [-0.3, -0.25) is 19.7 Å². The Morgan fingerprint density at radius 1 is 1.11 bits per heavy atom. The molecule has 2 fully saturated rings. The van der Waals surface area contributed by atoms with Crippen LogP contribution in [0.2, 0.25) is 0 Å². The minimum atomic E-state index is -0.678. The van der Waals surface area contributed by atoms with Crippen molar-refractivity contribution in [3.8, 4) is 0 Å². The molecule has 1 aromatic carbocycles. The third-order valence-electron chi connectivity index (χ3n) is 5.05. The summed E-state index contributed by atoms with van der Waals surface area (Å²) in [7, 11) is 0. The molecule has 7 nitrogen and oxygen atoms in total. The number of halogens is 1. The van der Waals surface area contributed by atoms with Gasteiger partial charge in [-0.1, -0.05) is 13.8 Å². The van der Waals surface area contributed by atoms with Gasteiger partial charge in [-0.15, -0.1) is 0 Å². The van der Waals surface area contributed by atoms with Crippen molar-refractivity contribution in [1.82, 2.24) is 15.5 Å². The first-order valence-corrected chi connectivity index (χ1v) is 9.47. The molecule has 4 rings (SSSR count). The second-order valence-electron chi connectivity index (χ2n) is 6.60. The molecule has 0 saturated carbocycles. The highest BCUT2D eigenvalue weighted by Gasteiger charge is 2.39. The number of carbonyl (C=O) groups is 3. The maximum atomic E-state index is 14.5. The summed E-state index contributed by atoms with van der Waals surface area (Å²) >= 11 is 0. The van der Waals surface area contributed by atoms with Crippen molar-refractivity contribution in [2.45, 2.75) is 39.3 Å². The quantitative estimate of drug-likeness (QED) is 0.754. The zero-order chi connectivity index (χ0) is 19.6. The second kappa shape index (κ2) is 8.04. The average Bonchev–Trinajstić information content (AvgIpc) is 2.99. The van der Waals surface area contributed by atoms with Gasteiger partial charge in [0.25, 0.3) is 5.91 Å². The van der Waals surface area contributed by atoms with Crippen LogP contribution >= 0.6 is 0 Å². The molecule has 3 aliphatic rings. The number of piperazine rings is 1. The van der Waals surface area contributed by atoms with Crippen molar-refractivity contribution in [3.05, 3.63) is 29.1 Å². The fourth-order valence-corrected chi connectivity index (χ4v) is 3.72. The number of benzene rings is 1.